The zero-order valence-electron chi connectivity index (χ0n) is 23.9. The Bertz CT molecular complexity index is 1200. The number of hydrogen-bond donors (Lipinski definition) is 2. The van der Waals surface area contributed by atoms with Crippen molar-refractivity contribution in [2.45, 2.75) is 53.0 Å². The van der Waals surface area contributed by atoms with Gasteiger partial charge < -0.3 is 20.1 Å². The topological polar surface area (TPSA) is 45.1 Å². The maximum absolute atomic E-state index is 4.26. The summed E-state index contributed by atoms with van der Waals surface area (Å²) in [7, 11) is 2.06. The van der Waals surface area contributed by atoms with Crippen molar-refractivity contribution >= 4 is 5.57 Å². The summed E-state index contributed by atoms with van der Waals surface area (Å²) in [5, 5.41) is 6.85. The molecule has 2 N–H and O–H groups in total. The van der Waals surface area contributed by atoms with Gasteiger partial charge in [0.2, 0.25) is 0 Å². The minimum absolute atomic E-state index is 0.363. The van der Waals surface area contributed by atoms with Gasteiger partial charge in [0.25, 0.3) is 0 Å². The Hall–Kier alpha value is -3.49. The predicted octanol–water partition coefficient (Wildman–Crippen LogP) is 5.41. The molecule has 2 aromatic rings. The third-order valence-corrected chi connectivity index (χ3v) is 7.05. The van der Waals surface area contributed by atoms with Gasteiger partial charge in [-0.2, -0.15) is 0 Å². The third-order valence-electron chi connectivity index (χ3n) is 7.05. The Kier molecular flexibility index (Phi) is 10.2. The highest BCUT2D eigenvalue weighted by atomic mass is 15.2. The van der Waals surface area contributed by atoms with E-state index in [2.05, 4.69) is 116 Å². The number of fused-ring (bicyclic) bond motifs is 2. The number of hydrogen-bond acceptors (Lipinski definition) is 4. The highest BCUT2D eigenvalue weighted by molar-refractivity contribution is 5.74. The Balaban J connectivity index is 0.000000228. The van der Waals surface area contributed by atoms with Crippen LogP contribution in [0.2, 0.25) is 0 Å². The molecule has 2 aliphatic heterocycles. The van der Waals surface area contributed by atoms with Crippen LogP contribution < -0.4 is 10.6 Å². The summed E-state index contributed by atoms with van der Waals surface area (Å²) < 4.78 is 2.10. The molecule has 0 radical (unpaired) electrons. The van der Waals surface area contributed by atoms with Crippen molar-refractivity contribution in [2.75, 3.05) is 26.2 Å². The van der Waals surface area contributed by atoms with Crippen molar-refractivity contribution in [3.8, 4) is 12.8 Å². The van der Waals surface area contributed by atoms with Crippen LogP contribution in [0.3, 0.4) is 0 Å². The molecule has 1 aromatic heterocycles. The SMILES string of the molecule is C#C.C=C(CC(C)(C)C)N1CCNCC1.Cc1ccc2c(c1)C(Cc1cncn1C)=CC1=CC=CNC1C2. The lowest BCUT2D eigenvalue weighted by atomic mass is 9.90. The second-order valence-corrected chi connectivity index (χ2v) is 11.5. The molecule has 1 saturated heterocycles. The molecule has 5 nitrogen and oxygen atoms in total. The number of nitrogens with one attached hydrogen (secondary N) is 2. The van der Waals surface area contributed by atoms with E-state index >= 15 is 0 Å². The van der Waals surface area contributed by atoms with E-state index < -0.39 is 0 Å². The largest absolute Gasteiger partial charge is 0.384 e. The van der Waals surface area contributed by atoms with Crippen LogP contribution in [-0.2, 0) is 19.9 Å². The number of rotatable bonds is 4. The number of nitrogens with zero attached hydrogens (tertiary/aromatic N) is 3. The Morgan fingerprint density at radius 2 is 1.92 bits per heavy atom. The van der Waals surface area contributed by atoms with Crippen molar-refractivity contribution in [1.82, 2.24) is 25.1 Å². The predicted molar refractivity (Wildman–Crippen MR) is 161 cm³/mol. The zero-order valence-corrected chi connectivity index (χ0v) is 23.9. The number of imidazole rings is 1. The molecular weight excluding hydrogens is 466 g/mol. The van der Waals surface area contributed by atoms with Crippen LogP contribution in [0.25, 0.3) is 5.57 Å². The number of dihydropyridines is 1. The Morgan fingerprint density at radius 3 is 2.58 bits per heavy atom. The summed E-state index contributed by atoms with van der Waals surface area (Å²) in [6.07, 6.45) is 23.6. The van der Waals surface area contributed by atoms with E-state index in [1.165, 1.54) is 39.2 Å². The maximum atomic E-state index is 4.26. The fourth-order valence-electron chi connectivity index (χ4n) is 5.14. The molecule has 0 amide bonds. The van der Waals surface area contributed by atoms with Crippen molar-refractivity contribution in [3.05, 3.63) is 95.4 Å². The smallest absolute Gasteiger partial charge is 0.0945 e. The van der Waals surface area contributed by atoms with Gasteiger partial charge in [-0.25, -0.2) is 4.98 Å². The molecule has 5 rings (SSSR count). The number of aromatic nitrogens is 2. The first-order chi connectivity index (χ1) is 18.2. The lowest BCUT2D eigenvalue weighted by molar-refractivity contribution is 0.262. The fraction of sp³-hybridized carbons (Fsp3) is 0.424. The van der Waals surface area contributed by atoms with E-state index in [-0.39, 0.29) is 0 Å². The summed E-state index contributed by atoms with van der Waals surface area (Å²) in [6.45, 7) is 17.6. The molecule has 1 unspecified atom stereocenters. The molecule has 1 aliphatic carbocycles. The Labute approximate surface area is 230 Å². The second-order valence-electron chi connectivity index (χ2n) is 11.5. The first kappa shape index (κ1) is 29.1. The van der Waals surface area contributed by atoms with Crippen LogP contribution in [0.5, 0.6) is 0 Å². The minimum Gasteiger partial charge on any atom is -0.384 e. The summed E-state index contributed by atoms with van der Waals surface area (Å²) in [4.78, 5) is 6.67. The molecule has 38 heavy (non-hydrogen) atoms. The van der Waals surface area contributed by atoms with E-state index in [0.717, 1.165) is 45.4 Å². The highest BCUT2D eigenvalue weighted by Crippen LogP contribution is 2.32. The van der Waals surface area contributed by atoms with Crippen molar-refractivity contribution < 1.29 is 0 Å². The summed E-state index contributed by atoms with van der Waals surface area (Å²) in [5.41, 5.74) is 9.74. The van der Waals surface area contributed by atoms with Crippen molar-refractivity contribution in [3.63, 3.8) is 0 Å². The van der Waals surface area contributed by atoms with Crippen LogP contribution in [-0.4, -0.2) is 46.7 Å². The van der Waals surface area contributed by atoms with E-state index in [1.54, 1.807) is 0 Å². The number of allylic oxidation sites excluding steroid dienone is 4. The summed E-state index contributed by atoms with van der Waals surface area (Å²) >= 11 is 0. The molecule has 0 saturated carbocycles. The molecule has 1 aromatic carbocycles. The van der Waals surface area contributed by atoms with Gasteiger partial charge in [-0.3, -0.25) is 0 Å². The van der Waals surface area contributed by atoms with E-state index in [1.807, 2.05) is 18.7 Å². The van der Waals surface area contributed by atoms with Gasteiger partial charge in [0.15, 0.2) is 0 Å². The average molecular weight is 512 g/mol. The van der Waals surface area contributed by atoms with Crippen molar-refractivity contribution in [1.29, 1.82) is 0 Å². The van der Waals surface area contributed by atoms with Gasteiger partial charge in [-0.15, -0.1) is 12.8 Å². The quantitative estimate of drug-likeness (QED) is 0.539. The number of aryl methyl sites for hydroxylation is 2. The summed E-state index contributed by atoms with van der Waals surface area (Å²) in [5.74, 6) is 0. The first-order valence-corrected chi connectivity index (χ1v) is 13.5. The highest BCUT2D eigenvalue weighted by Gasteiger charge is 2.22. The number of terminal acetylenes is 1. The van der Waals surface area contributed by atoms with Gasteiger partial charge in [0.1, 0.15) is 0 Å². The van der Waals surface area contributed by atoms with Crippen molar-refractivity contribution in [2.24, 2.45) is 12.5 Å². The van der Waals surface area contributed by atoms with E-state index in [9.17, 15) is 0 Å². The van der Waals surface area contributed by atoms with Crippen LogP contribution >= 0.6 is 0 Å². The van der Waals surface area contributed by atoms with Gasteiger partial charge in [-0.05, 0) is 59.7 Å². The molecule has 3 aliphatic rings. The number of benzene rings is 1. The maximum Gasteiger partial charge on any atom is 0.0945 e. The monoisotopic (exact) mass is 511 g/mol. The molecule has 0 bridgehead atoms. The van der Waals surface area contributed by atoms with E-state index in [4.69, 9.17) is 0 Å². The van der Waals surface area contributed by atoms with Crippen LogP contribution in [0.1, 0.15) is 49.6 Å². The van der Waals surface area contributed by atoms with Gasteiger partial charge in [-0.1, -0.05) is 63.3 Å². The molecule has 202 valence electrons. The summed E-state index contributed by atoms with van der Waals surface area (Å²) in [6, 6.07) is 7.19. The standard InChI is InChI=1S/C20H21N3.C11H22N2.C2H2/c1-14-5-6-15-11-20-16(4-3-7-22-20)9-17(19(15)8-14)10-18-12-21-13-23(18)2;1-10(9-11(2,3)4)13-7-5-12-6-8-13;1-2/h3-9,12-13,20,22H,10-11H2,1-2H3;12H,1,5-9H2,2-4H3;1-2H. The normalized spacial score (nSPS) is 18.1. The molecule has 1 fully saturated rings. The van der Waals surface area contributed by atoms with Gasteiger partial charge >= 0.3 is 0 Å². The van der Waals surface area contributed by atoms with Gasteiger partial charge in [0, 0.05) is 57.2 Å². The van der Waals surface area contributed by atoms with Crippen LogP contribution in [0.4, 0.5) is 0 Å². The third kappa shape index (κ3) is 8.00. The second kappa shape index (κ2) is 13.3. The molecule has 0 spiro atoms. The molecule has 5 heteroatoms. The van der Waals surface area contributed by atoms with E-state index in [0.29, 0.717) is 11.5 Å². The molecular formula is C33H45N5. The zero-order chi connectivity index (χ0) is 27.7. The van der Waals surface area contributed by atoms with Crippen LogP contribution in [0.15, 0.2) is 73.0 Å². The Morgan fingerprint density at radius 1 is 1.18 bits per heavy atom. The van der Waals surface area contributed by atoms with Crippen LogP contribution in [0, 0.1) is 25.2 Å². The molecule has 3 heterocycles. The fourth-order valence-corrected chi connectivity index (χ4v) is 5.14. The first-order valence-electron chi connectivity index (χ1n) is 13.5. The minimum atomic E-state index is 0.363. The molecule has 1 atom stereocenters. The lowest BCUT2D eigenvalue weighted by Gasteiger charge is -2.33. The lowest BCUT2D eigenvalue weighted by Crippen LogP contribution is -2.43. The number of piperazine rings is 1. The van der Waals surface area contributed by atoms with Gasteiger partial charge in [0.05, 0.1) is 12.4 Å². The average Bonchev–Trinajstić information content (AvgIpc) is 3.23.